The fraction of sp³-hybridized carbons (Fsp3) is 0.833. The molecule has 0 saturated carbocycles. The molecule has 0 aliphatic carbocycles. The van der Waals surface area contributed by atoms with Crippen molar-refractivity contribution in [2.75, 3.05) is 58.4 Å². The zero-order chi connectivity index (χ0) is 13.2. The Hall–Kier alpha value is -1.18. The topological polar surface area (TPSA) is 66.7 Å². The van der Waals surface area contributed by atoms with Crippen molar-refractivity contribution in [2.24, 2.45) is 0 Å². The number of anilines is 1. The summed E-state index contributed by atoms with van der Waals surface area (Å²) < 4.78 is 10.9. The van der Waals surface area contributed by atoms with Crippen LogP contribution < -0.4 is 10.2 Å². The monoisotopic (exact) mass is 267 g/mol. The van der Waals surface area contributed by atoms with Crippen molar-refractivity contribution in [1.29, 1.82) is 0 Å². The van der Waals surface area contributed by atoms with Crippen LogP contribution in [-0.4, -0.2) is 74.6 Å². The molecule has 106 valence electrons. The highest BCUT2D eigenvalue weighted by Gasteiger charge is 2.33. The van der Waals surface area contributed by atoms with Gasteiger partial charge >= 0.3 is 0 Å². The quantitative estimate of drug-likeness (QED) is 0.793. The van der Waals surface area contributed by atoms with Crippen LogP contribution in [-0.2, 0) is 4.74 Å². The molecular formula is C12H21N5O2. The minimum atomic E-state index is 0.165. The maximum absolute atomic E-state index is 5.47. The lowest BCUT2D eigenvalue weighted by Crippen LogP contribution is -2.45. The number of likely N-dealkylation sites (N-methyl/N-ethyl adjacent to an activating group) is 2. The van der Waals surface area contributed by atoms with Gasteiger partial charge in [-0.1, -0.05) is 0 Å². The Kier molecular flexibility index (Phi) is 3.67. The van der Waals surface area contributed by atoms with Crippen LogP contribution in [0.15, 0.2) is 4.52 Å². The van der Waals surface area contributed by atoms with E-state index in [1.54, 1.807) is 0 Å². The molecule has 2 atom stereocenters. The zero-order valence-corrected chi connectivity index (χ0v) is 11.5. The summed E-state index contributed by atoms with van der Waals surface area (Å²) in [6, 6.07) is 0.265. The molecule has 0 spiro atoms. The van der Waals surface area contributed by atoms with Crippen LogP contribution in [0.3, 0.4) is 0 Å². The van der Waals surface area contributed by atoms with Crippen molar-refractivity contribution >= 4 is 5.95 Å². The zero-order valence-electron chi connectivity index (χ0n) is 11.5. The van der Waals surface area contributed by atoms with Crippen LogP contribution in [0.25, 0.3) is 0 Å². The van der Waals surface area contributed by atoms with E-state index in [9.17, 15) is 0 Å². The molecule has 0 aromatic carbocycles. The van der Waals surface area contributed by atoms with Crippen LogP contribution >= 0.6 is 0 Å². The van der Waals surface area contributed by atoms with Gasteiger partial charge in [-0.2, -0.15) is 4.98 Å². The maximum atomic E-state index is 5.47. The van der Waals surface area contributed by atoms with Gasteiger partial charge < -0.3 is 24.4 Å². The largest absolute Gasteiger partial charge is 0.379 e. The van der Waals surface area contributed by atoms with E-state index in [0.29, 0.717) is 25.1 Å². The summed E-state index contributed by atoms with van der Waals surface area (Å²) in [5.74, 6) is 1.56. The molecule has 19 heavy (non-hydrogen) atoms. The van der Waals surface area contributed by atoms with Crippen LogP contribution in [0.1, 0.15) is 11.8 Å². The van der Waals surface area contributed by atoms with Gasteiger partial charge in [0.25, 0.3) is 5.95 Å². The lowest BCUT2D eigenvalue weighted by molar-refractivity contribution is 0.185. The molecule has 2 aliphatic heterocycles. The summed E-state index contributed by atoms with van der Waals surface area (Å²) >= 11 is 0. The van der Waals surface area contributed by atoms with Crippen LogP contribution in [0, 0.1) is 0 Å². The molecule has 1 aromatic rings. The van der Waals surface area contributed by atoms with Crippen molar-refractivity contribution in [1.82, 2.24) is 20.4 Å². The minimum absolute atomic E-state index is 0.165. The summed E-state index contributed by atoms with van der Waals surface area (Å²) in [6.45, 7) is 5.33. The number of piperazine rings is 1. The van der Waals surface area contributed by atoms with Gasteiger partial charge in [0.15, 0.2) is 0 Å². The normalized spacial score (nSPS) is 29.1. The van der Waals surface area contributed by atoms with E-state index in [-0.39, 0.29) is 12.0 Å². The molecule has 7 heteroatoms. The Balaban J connectivity index is 1.69. The van der Waals surface area contributed by atoms with E-state index in [0.717, 1.165) is 26.2 Å². The van der Waals surface area contributed by atoms with Gasteiger partial charge in [0.05, 0.1) is 19.1 Å². The highest BCUT2D eigenvalue weighted by Crippen LogP contribution is 2.25. The van der Waals surface area contributed by atoms with Crippen molar-refractivity contribution in [2.45, 2.75) is 12.0 Å². The van der Waals surface area contributed by atoms with Crippen LogP contribution in [0.4, 0.5) is 5.95 Å². The highest BCUT2D eigenvalue weighted by atomic mass is 16.5. The number of nitrogens with one attached hydrogen (secondary N) is 1. The molecule has 3 rings (SSSR count). The van der Waals surface area contributed by atoms with E-state index in [4.69, 9.17) is 9.26 Å². The molecule has 1 aromatic heterocycles. The molecule has 2 fully saturated rings. The van der Waals surface area contributed by atoms with Crippen molar-refractivity contribution in [3.05, 3.63) is 5.89 Å². The average molecular weight is 267 g/mol. The molecule has 2 aliphatic rings. The Morgan fingerprint density at radius 3 is 2.74 bits per heavy atom. The summed E-state index contributed by atoms with van der Waals surface area (Å²) in [6.07, 6.45) is 0. The molecule has 2 unspecified atom stereocenters. The van der Waals surface area contributed by atoms with Crippen LogP contribution in [0.2, 0.25) is 0 Å². The number of ether oxygens (including phenoxy) is 1. The summed E-state index contributed by atoms with van der Waals surface area (Å²) in [4.78, 5) is 9.03. The summed E-state index contributed by atoms with van der Waals surface area (Å²) in [7, 11) is 4.07. The van der Waals surface area contributed by atoms with Crippen LogP contribution in [0.5, 0.6) is 0 Å². The molecule has 2 saturated heterocycles. The molecule has 7 nitrogen and oxygen atoms in total. The smallest absolute Gasteiger partial charge is 0.266 e. The van der Waals surface area contributed by atoms with E-state index < -0.39 is 0 Å². The predicted octanol–water partition coefficient (Wildman–Crippen LogP) is -0.477. The third-order valence-corrected chi connectivity index (χ3v) is 3.99. The summed E-state index contributed by atoms with van der Waals surface area (Å²) in [5.41, 5.74) is 0. The fourth-order valence-electron chi connectivity index (χ4n) is 2.59. The molecule has 0 radical (unpaired) electrons. The Bertz CT molecular complexity index is 416. The van der Waals surface area contributed by atoms with Crippen molar-refractivity contribution in [3.63, 3.8) is 0 Å². The lowest BCUT2D eigenvalue weighted by Gasteiger charge is -2.31. The van der Waals surface area contributed by atoms with Gasteiger partial charge in [0.1, 0.15) is 0 Å². The molecule has 3 heterocycles. The molecule has 1 N–H and O–H groups in total. The van der Waals surface area contributed by atoms with Gasteiger partial charge in [-0.15, -0.1) is 0 Å². The van der Waals surface area contributed by atoms with Gasteiger partial charge in [-0.3, -0.25) is 0 Å². The van der Waals surface area contributed by atoms with Gasteiger partial charge in [0.2, 0.25) is 5.89 Å². The predicted molar refractivity (Wildman–Crippen MR) is 70.4 cm³/mol. The lowest BCUT2D eigenvalue weighted by atomic mass is 10.0. The average Bonchev–Trinajstić information content (AvgIpc) is 3.07. The van der Waals surface area contributed by atoms with Gasteiger partial charge in [-0.25, -0.2) is 0 Å². The first-order valence-corrected chi connectivity index (χ1v) is 6.80. The third-order valence-electron chi connectivity index (χ3n) is 3.99. The van der Waals surface area contributed by atoms with E-state index >= 15 is 0 Å². The second kappa shape index (κ2) is 5.44. The first-order valence-electron chi connectivity index (χ1n) is 6.80. The number of hydrogen-bond acceptors (Lipinski definition) is 7. The second-order valence-electron chi connectivity index (χ2n) is 5.26. The van der Waals surface area contributed by atoms with Gasteiger partial charge in [0, 0.05) is 32.2 Å². The van der Waals surface area contributed by atoms with Crippen molar-refractivity contribution < 1.29 is 9.26 Å². The minimum Gasteiger partial charge on any atom is -0.379 e. The first-order chi connectivity index (χ1) is 9.28. The maximum Gasteiger partial charge on any atom is 0.266 e. The second-order valence-corrected chi connectivity index (χ2v) is 5.26. The third kappa shape index (κ3) is 2.58. The van der Waals surface area contributed by atoms with Crippen molar-refractivity contribution in [3.8, 4) is 0 Å². The number of hydrogen-bond donors (Lipinski definition) is 1. The number of aromatic nitrogens is 2. The van der Waals surface area contributed by atoms with Gasteiger partial charge in [-0.05, 0) is 19.3 Å². The molecular weight excluding hydrogens is 246 g/mol. The Morgan fingerprint density at radius 1 is 1.21 bits per heavy atom. The Morgan fingerprint density at radius 2 is 2.00 bits per heavy atom. The standard InChI is InChI=1S/C12H21N5O2/c1-13-10-8-18-7-9(10)11-14-12(15-19-11)17-5-3-16(2)4-6-17/h9-10,13H,3-8H2,1-2H3. The SMILES string of the molecule is CNC1COCC1c1nc(N2CCN(C)CC2)no1. The number of nitrogens with zero attached hydrogens (tertiary/aromatic N) is 4. The first kappa shape index (κ1) is 12.8. The van der Waals surface area contributed by atoms with E-state index in [1.165, 1.54) is 0 Å². The summed E-state index contributed by atoms with van der Waals surface area (Å²) in [5, 5.41) is 7.35. The number of rotatable bonds is 3. The fourth-order valence-corrected chi connectivity index (χ4v) is 2.59. The molecule has 0 bridgehead atoms. The van der Waals surface area contributed by atoms with E-state index in [1.807, 2.05) is 7.05 Å². The Labute approximate surface area is 112 Å². The highest BCUT2D eigenvalue weighted by molar-refractivity contribution is 5.29. The van der Waals surface area contributed by atoms with E-state index in [2.05, 4.69) is 32.3 Å². The molecule has 0 amide bonds.